The van der Waals surface area contributed by atoms with E-state index in [0.29, 0.717) is 17.9 Å². The molecule has 2 bridgehead atoms. The highest BCUT2D eigenvalue weighted by atomic mass is 32.2. The van der Waals surface area contributed by atoms with Crippen molar-refractivity contribution in [2.45, 2.75) is 30.7 Å². The number of hydrogen-bond acceptors (Lipinski definition) is 3. The summed E-state index contributed by atoms with van der Waals surface area (Å²) in [6.07, 6.45) is 1.31. The molecule has 2 N–H and O–H groups in total. The number of benzene rings is 1. The van der Waals surface area contributed by atoms with Gasteiger partial charge in [0.05, 0.1) is 4.90 Å². The van der Waals surface area contributed by atoms with Gasteiger partial charge in [-0.15, -0.1) is 0 Å². The number of fused-ring (bicyclic) bond motifs is 2. The quantitative estimate of drug-likeness (QED) is 0.898. The maximum Gasteiger partial charge on any atom is 0.243 e. The highest BCUT2D eigenvalue weighted by Crippen LogP contribution is 2.44. The molecule has 1 aromatic rings. The number of piperidine rings is 1. The van der Waals surface area contributed by atoms with Crippen LogP contribution >= 0.6 is 0 Å². The summed E-state index contributed by atoms with van der Waals surface area (Å²) in [7, 11) is -3.45. The molecule has 0 aromatic heterocycles. The largest absolute Gasteiger partial charge is 0.369 e. The van der Waals surface area contributed by atoms with E-state index >= 15 is 0 Å². The van der Waals surface area contributed by atoms with E-state index in [0.717, 1.165) is 12.0 Å². The van der Waals surface area contributed by atoms with Gasteiger partial charge >= 0.3 is 0 Å². The monoisotopic (exact) mass is 294 g/mol. The average Bonchev–Trinajstić information content (AvgIpc) is 2.99. The number of amides is 1. The molecule has 5 nitrogen and oxygen atoms in total. The van der Waals surface area contributed by atoms with Crippen molar-refractivity contribution in [3.05, 3.63) is 29.8 Å². The third kappa shape index (κ3) is 2.03. The molecule has 0 radical (unpaired) electrons. The predicted octanol–water partition coefficient (Wildman–Crippen LogP) is 0.879. The first kappa shape index (κ1) is 13.6. The summed E-state index contributed by atoms with van der Waals surface area (Å²) in [5.41, 5.74) is 6.39. The molecule has 1 saturated carbocycles. The maximum atomic E-state index is 12.6. The van der Waals surface area contributed by atoms with Crippen LogP contribution in [0.25, 0.3) is 0 Å². The average molecular weight is 294 g/mol. The summed E-state index contributed by atoms with van der Waals surface area (Å²) in [5.74, 6) is -0.382. The smallest absolute Gasteiger partial charge is 0.243 e. The van der Waals surface area contributed by atoms with Gasteiger partial charge in [0, 0.05) is 18.5 Å². The van der Waals surface area contributed by atoms with Gasteiger partial charge < -0.3 is 5.73 Å². The van der Waals surface area contributed by atoms with Crippen molar-refractivity contribution >= 4 is 15.9 Å². The van der Waals surface area contributed by atoms with Gasteiger partial charge in [0.25, 0.3) is 0 Å². The molecule has 1 heterocycles. The summed E-state index contributed by atoms with van der Waals surface area (Å²) in [6.45, 7) is 2.33. The van der Waals surface area contributed by atoms with Crippen molar-refractivity contribution in [3.63, 3.8) is 0 Å². The zero-order valence-electron chi connectivity index (χ0n) is 11.3. The SMILES string of the molecule is Cc1ccc(S(=O)(=O)N2CC3CC2CC3C(N)=O)cc1. The van der Waals surface area contributed by atoms with E-state index in [1.54, 1.807) is 28.6 Å². The van der Waals surface area contributed by atoms with Crippen LogP contribution in [0.4, 0.5) is 0 Å². The van der Waals surface area contributed by atoms with Crippen LogP contribution in [-0.2, 0) is 14.8 Å². The molecule has 1 amide bonds. The molecule has 3 unspecified atom stereocenters. The van der Waals surface area contributed by atoms with Crippen molar-refractivity contribution in [1.29, 1.82) is 0 Å². The first-order valence-corrected chi connectivity index (χ1v) is 8.21. The maximum absolute atomic E-state index is 12.6. The van der Waals surface area contributed by atoms with E-state index < -0.39 is 10.0 Å². The molecule has 1 aliphatic carbocycles. The molecule has 1 saturated heterocycles. The normalized spacial score (nSPS) is 29.8. The molecular formula is C14H18N2O3S. The Morgan fingerprint density at radius 1 is 1.25 bits per heavy atom. The second kappa shape index (κ2) is 4.56. The Balaban J connectivity index is 1.85. The second-order valence-corrected chi connectivity index (χ2v) is 7.67. The summed E-state index contributed by atoms with van der Waals surface area (Å²) in [4.78, 5) is 11.6. The van der Waals surface area contributed by atoms with Crippen molar-refractivity contribution in [2.24, 2.45) is 17.6 Å². The number of carbonyl (C=O) groups excluding carboxylic acids is 1. The van der Waals surface area contributed by atoms with Crippen LogP contribution in [0.2, 0.25) is 0 Å². The number of aryl methyl sites for hydroxylation is 1. The fourth-order valence-electron chi connectivity index (χ4n) is 3.40. The number of sulfonamides is 1. The molecule has 1 aliphatic heterocycles. The number of nitrogens with zero attached hydrogens (tertiary/aromatic N) is 1. The minimum Gasteiger partial charge on any atom is -0.369 e. The van der Waals surface area contributed by atoms with E-state index in [9.17, 15) is 13.2 Å². The Bertz CT molecular complexity index is 639. The zero-order chi connectivity index (χ0) is 14.5. The van der Waals surface area contributed by atoms with Crippen LogP contribution in [-0.4, -0.2) is 31.2 Å². The van der Waals surface area contributed by atoms with Crippen molar-refractivity contribution in [1.82, 2.24) is 4.31 Å². The van der Waals surface area contributed by atoms with Crippen molar-refractivity contribution < 1.29 is 13.2 Å². The van der Waals surface area contributed by atoms with Gasteiger partial charge in [0.1, 0.15) is 0 Å². The van der Waals surface area contributed by atoms with Crippen molar-refractivity contribution in [2.75, 3.05) is 6.54 Å². The van der Waals surface area contributed by atoms with Crippen LogP contribution in [0.5, 0.6) is 0 Å². The molecule has 6 heteroatoms. The molecule has 0 spiro atoms. The van der Waals surface area contributed by atoms with Crippen LogP contribution in [0.15, 0.2) is 29.2 Å². The molecule has 3 atom stereocenters. The van der Waals surface area contributed by atoms with Gasteiger partial charge in [-0.3, -0.25) is 4.79 Å². The molecule has 2 fully saturated rings. The molecule has 2 aliphatic rings. The molecular weight excluding hydrogens is 276 g/mol. The Morgan fingerprint density at radius 2 is 1.90 bits per heavy atom. The summed E-state index contributed by atoms with van der Waals surface area (Å²) >= 11 is 0. The first-order valence-electron chi connectivity index (χ1n) is 6.77. The fourth-order valence-corrected chi connectivity index (χ4v) is 5.10. The van der Waals surface area contributed by atoms with E-state index in [1.165, 1.54) is 0 Å². The van der Waals surface area contributed by atoms with Crippen LogP contribution in [0.3, 0.4) is 0 Å². The highest BCUT2D eigenvalue weighted by molar-refractivity contribution is 7.89. The van der Waals surface area contributed by atoms with Crippen LogP contribution in [0, 0.1) is 18.8 Å². The Morgan fingerprint density at radius 3 is 2.40 bits per heavy atom. The minimum atomic E-state index is -3.45. The van der Waals surface area contributed by atoms with Gasteiger partial charge in [0.15, 0.2) is 0 Å². The third-order valence-electron chi connectivity index (χ3n) is 4.48. The van der Waals surface area contributed by atoms with Gasteiger partial charge in [-0.2, -0.15) is 4.31 Å². The number of primary amides is 1. The third-order valence-corrected chi connectivity index (χ3v) is 6.42. The van der Waals surface area contributed by atoms with Crippen LogP contribution in [0.1, 0.15) is 18.4 Å². The van der Waals surface area contributed by atoms with Crippen molar-refractivity contribution in [3.8, 4) is 0 Å². The van der Waals surface area contributed by atoms with E-state index in [4.69, 9.17) is 5.73 Å². The van der Waals surface area contributed by atoms with E-state index in [1.807, 2.05) is 6.92 Å². The lowest BCUT2D eigenvalue weighted by molar-refractivity contribution is -0.123. The topological polar surface area (TPSA) is 80.5 Å². The number of carbonyl (C=O) groups is 1. The Hall–Kier alpha value is -1.40. The zero-order valence-corrected chi connectivity index (χ0v) is 12.1. The first-order chi connectivity index (χ1) is 9.39. The summed E-state index contributed by atoms with van der Waals surface area (Å²) in [5, 5.41) is 0. The number of hydrogen-bond donors (Lipinski definition) is 1. The standard InChI is InChI=1S/C14H18N2O3S/c1-9-2-4-12(5-3-9)20(18,19)16-8-10-6-11(16)7-13(10)14(15)17/h2-5,10-11,13H,6-8H2,1H3,(H2,15,17). The minimum absolute atomic E-state index is 0.0798. The van der Waals surface area contributed by atoms with Gasteiger partial charge in [0.2, 0.25) is 15.9 Å². The van der Waals surface area contributed by atoms with Crippen LogP contribution < -0.4 is 5.73 Å². The predicted molar refractivity (Wildman–Crippen MR) is 74.3 cm³/mol. The molecule has 3 rings (SSSR count). The molecule has 1 aromatic carbocycles. The molecule has 108 valence electrons. The van der Waals surface area contributed by atoms with Gasteiger partial charge in [-0.1, -0.05) is 17.7 Å². The van der Waals surface area contributed by atoms with Gasteiger partial charge in [-0.25, -0.2) is 8.42 Å². The fraction of sp³-hybridized carbons (Fsp3) is 0.500. The highest BCUT2D eigenvalue weighted by Gasteiger charge is 2.50. The Kier molecular flexibility index (Phi) is 3.10. The summed E-state index contributed by atoms with van der Waals surface area (Å²) < 4.78 is 26.8. The lowest BCUT2D eigenvalue weighted by atomic mass is 9.95. The lowest BCUT2D eigenvalue weighted by Gasteiger charge is -2.29. The number of nitrogens with two attached hydrogens (primary N) is 1. The van der Waals surface area contributed by atoms with E-state index in [-0.39, 0.29) is 23.8 Å². The Labute approximate surface area is 118 Å². The lowest BCUT2D eigenvalue weighted by Crippen LogP contribution is -2.42. The van der Waals surface area contributed by atoms with Gasteiger partial charge in [-0.05, 0) is 37.8 Å². The number of rotatable bonds is 3. The second-order valence-electron chi connectivity index (χ2n) is 5.78. The summed E-state index contributed by atoms with van der Waals surface area (Å²) in [6, 6.07) is 6.80. The molecule has 20 heavy (non-hydrogen) atoms. The van der Waals surface area contributed by atoms with E-state index in [2.05, 4.69) is 0 Å².